The Labute approximate surface area is 131 Å². The van der Waals surface area contributed by atoms with Gasteiger partial charge in [-0.15, -0.1) is 0 Å². The Hall–Kier alpha value is 0.0400. The summed E-state index contributed by atoms with van der Waals surface area (Å²) in [4.78, 5) is 20.8. The Morgan fingerprint density at radius 1 is 1.11 bits per heavy atom. The molecule has 0 saturated carbocycles. The minimum atomic E-state index is -0.433. The van der Waals surface area contributed by atoms with Crippen molar-refractivity contribution in [3.8, 4) is 0 Å². The highest BCUT2D eigenvalue weighted by atomic mass is 35.5. The van der Waals surface area contributed by atoms with Gasteiger partial charge in [0.05, 0.1) is 0 Å². The van der Waals surface area contributed by atoms with E-state index in [1.165, 1.54) is 0 Å². The number of hydrogen-bond donors (Lipinski definition) is 0. The Balaban J connectivity index is 0. The third kappa shape index (κ3) is 23.5. The van der Waals surface area contributed by atoms with Crippen LogP contribution in [0.3, 0.4) is 0 Å². The molecule has 0 N–H and O–H groups in total. The van der Waals surface area contributed by atoms with E-state index < -0.39 is 5.60 Å². The molecule has 114 valence electrons. The SMILES string of the molecule is CC(C)(C)CCC(=O)OOC(C)(C)C.ClC=C(Cl)Cl. The van der Waals surface area contributed by atoms with Crippen LogP contribution in [0, 0.1) is 5.41 Å². The van der Waals surface area contributed by atoms with E-state index in [1.54, 1.807) is 0 Å². The van der Waals surface area contributed by atoms with Gasteiger partial charge in [0, 0.05) is 12.0 Å². The van der Waals surface area contributed by atoms with Crippen molar-refractivity contribution < 1.29 is 14.6 Å². The highest BCUT2D eigenvalue weighted by molar-refractivity contribution is 6.58. The van der Waals surface area contributed by atoms with Crippen LogP contribution in [0.2, 0.25) is 0 Å². The molecule has 0 aromatic carbocycles. The van der Waals surface area contributed by atoms with E-state index in [1.807, 2.05) is 20.8 Å². The van der Waals surface area contributed by atoms with Gasteiger partial charge in [-0.2, -0.15) is 4.89 Å². The monoisotopic (exact) mass is 332 g/mol. The standard InChI is InChI=1S/C11H22O3.C2HCl3/c1-10(2,3)8-7-9(12)13-14-11(4,5)6;3-1-2(4)5/h7-8H2,1-6H3;1H. The average Bonchev–Trinajstić information content (AvgIpc) is 2.22. The normalized spacial score (nSPS) is 11.2. The van der Waals surface area contributed by atoms with E-state index in [0.717, 1.165) is 12.0 Å². The fourth-order valence-corrected chi connectivity index (χ4v) is 0.690. The molecule has 0 aliphatic heterocycles. The topological polar surface area (TPSA) is 35.5 Å². The zero-order chi connectivity index (χ0) is 15.7. The lowest BCUT2D eigenvalue weighted by atomic mass is 9.91. The largest absolute Gasteiger partial charge is 0.342 e. The zero-order valence-electron chi connectivity index (χ0n) is 12.4. The summed E-state index contributed by atoms with van der Waals surface area (Å²) >= 11 is 14.8. The molecule has 0 aromatic rings. The van der Waals surface area contributed by atoms with Crippen molar-refractivity contribution in [1.82, 2.24) is 0 Å². The van der Waals surface area contributed by atoms with Gasteiger partial charge in [-0.05, 0) is 32.6 Å². The molecule has 0 bridgehead atoms. The fraction of sp³-hybridized carbons (Fsp3) is 0.769. The van der Waals surface area contributed by atoms with E-state index in [-0.39, 0.29) is 15.9 Å². The molecule has 0 radical (unpaired) electrons. The first kappa shape index (κ1) is 21.3. The van der Waals surface area contributed by atoms with Crippen molar-refractivity contribution in [2.24, 2.45) is 5.41 Å². The van der Waals surface area contributed by atoms with Gasteiger partial charge >= 0.3 is 5.97 Å². The van der Waals surface area contributed by atoms with Crippen molar-refractivity contribution in [1.29, 1.82) is 0 Å². The Morgan fingerprint density at radius 3 is 1.79 bits per heavy atom. The molecule has 0 saturated heterocycles. The lowest BCUT2D eigenvalue weighted by Gasteiger charge is -2.19. The number of carbonyl (C=O) groups excluding carboxylic acids is 1. The second-order valence-corrected chi connectivity index (χ2v) is 7.34. The minimum Gasteiger partial charge on any atom is -0.298 e. The van der Waals surface area contributed by atoms with E-state index in [0.29, 0.717) is 6.42 Å². The van der Waals surface area contributed by atoms with Crippen LogP contribution in [-0.4, -0.2) is 11.6 Å². The molecule has 6 heteroatoms. The summed E-state index contributed by atoms with van der Waals surface area (Å²) < 4.78 is 0.0895. The van der Waals surface area contributed by atoms with Gasteiger partial charge in [-0.3, -0.25) is 4.89 Å². The van der Waals surface area contributed by atoms with Crippen LogP contribution in [0.5, 0.6) is 0 Å². The summed E-state index contributed by atoms with van der Waals surface area (Å²) in [5, 5.41) is 0. The van der Waals surface area contributed by atoms with Crippen LogP contribution in [0.15, 0.2) is 10.0 Å². The third-order valence-corrected chi connectivity index (χ3v) is 2.21. The van der Waals surface area contributed by atoms with Crippen LogP contribution >= 0.6 is 34.8 Å². The Bertz CT molecular complexity index is 264. The maximum absolute atomic E-state index is 11.2. The van der Waals surface area contributed by atoms with Crippen molar-refractivity contribution in [2.75, 3.05) is 0 Å². The molecule has 0 aliphatic carbocycles. The second-order valence-electron chi connectivity index (χ2n) is 6.11. The summed E-state index contributed by atoms with van der Waals surface area (Å²) in [6, 6.07) is 0. The molecule has 0 fully saturated rings. The summed E-state index contributed by atoms with van der Waals surface area (Å²) in [5.41, 5.74) is 0.807. The molecule has 0 aliphatic rings. The van der Waals surface area contributed by atoms with Crippen molar-refractivity contribution in [3.63, 3.8) is 0 Å². The van der Waals surface area contributed by atoms with Crippen molar-refractivity contribution in [2.45, 2.75) is 60.0 Å². The second kappa shape index (κ2) is 9.87. The average molecular weight is 334 g/mol. The van der Waals surface area contributed by atoms with Gasteiger partial charge in [0.2, 0.25) is 0 Å². The molecule has 0 heterocycles. The predicted molar refractivity (Wildman–Crippen MR) is 81.3 cm³/mol. The smallest absolute Gasteiger partial charge is 0.298 e. The predicted octanol–water partition coefficient (Wildman–Crippen LogP) is 5.59. The van der Waals surface area contributed by atoms with Gasteiger partial charge in [0.25, 0.3) is 0 Å². The third-order valence-electron chi connectivity index (χ3n) is 1.55. The van der Waals surface area contributed by atoms with Gasteiger partial charge in [0.1, 0.15) is 10.1 Å². The molecule has 0 atom stereocenters. The highest BCUT2D eigenvalue weighted by Gasteiger charge is 2.17. The maximum Gasteiger partial charge on any atom is 0.342 e. The summed E-state index contributed by atoms with van der Waals surface area (Å²) in [5.74, 6) is -0.296. The molecular formula is C13H23Cl3O3. The van der Waals surface area contributed by atoms with Crippen LogP contribution in [0.1, 0.15) is 54.4 Å². The number of carbonyl (C=O) groups is 1. The van der Waals surface area contributed by atoms with E-state index in [2.05, 4.69) is 25.7 Å². The molecule has 3 nitrogen and oxygen atoms in total. The summed E-state index contributed by atoms with van der Waals surface area (Å²) in [7, 11) is 0. The first-order valence-corrected chi connectivity index (χ1v) is 7.06. The Morgan fingerprint density at radius 2 is 1.53 bits per heavy atom. The lowest BCUT2D eigenvalue weighted by molar-refractivity contribution is -0.320. The van der Waals surface area contributed by atoms with E-state index in [4.69, 9.17) is 39.7 Å². The van der Waals surface area contributed by atoms with Crippen molar-refractivity contribution >= 4 is 40.8 Å². The van der Waals surface area contributed by atoms with Crippen LogP contribution in [-0.2, 0) is 14.6 Å². The molecule has 0 aromatic heterocycles. The van der Waals surface area contributed by atoms with Crippen LogP contribution in [0.25, 0.3) is 0 Å². The lowest BCUT2D eigenvalue weighted by Crippen LogP contribution is -2.22. The first-order chi connectivity index (χ1) is 8.37. The van der Waals surface area contributed by atoms with Crippen LogP contribution < -0.4 is 0 Å². The summed E-state index contributed by atoms with van der Waals surface area (Å²) in [6.07, 6.45) is 1.21. The molecule has 19 heavy (non-hydrogen) atoms. The number of rotatable bonds is 3. The zero-order valence-corrected chi connectivity index (χ0v) is 14.6. The van der Waals surface area contributed by atoms with Gasteiger partial charge < -0.3 is 0 Å². The number of hydrogen-bond acceptors (Lipinski definition) is 3. The van der Waals surface area contributed by atoms with Gasteiger partial charge in [0.15, 0.2) is 0 Å². The molecule has 0 rings (SSSR count). The minimum absolute atomic E-state index is 0.0895. The van der Waals surface area contributed by atoms with Crippen molar-refractivity contribution in [3.05, 3.63) is 10.0 Å². The Kier molecular flexibility index (Phi) is 11.1. The highest BCUT2D eigenvalue weighted by Crippen LogP contribution is 2.21. The molecule has 0 unspecified atom stereocenters. The van der Waals surface area contributed by atoms with Crippen LogP contribution in [0.4, 0.5) is 0 Å². The van der Waals surface area contributed by atoms with E-state index >= 15 is 0 Å². The fourth-order valence-electron chi connectivity index (χ4n) is 0.690. The molecule has 0 spiro atoms. The van der Waals surface area contributed by atoms with Gasteiger partial charge in [-0.25, -0.2) is 4.79 Å². The maximum atomic E-state index is 11.2. The first-order valence-electron chi connectivity index (χ1n) is 5.87. The quantitative estimate of drug-likeness (QED) is 0.499. The molecular weight excluding hydrogens is 310 g/mol. The summed E-state index contributed by atoms with van der Waals surface area (Å²) in [6.45, 7) is 11.8. The van der Waals surface area contributed by atoms with Gasteiger partial charge in [-0.1, -0.05) is 55.6 Å². The van der Waals surface area contributed by atoms with E-state index in [9.17, 15) is 4.79 Å². The molecule has 0 amide bonds. The number of halogens is 3.